The monoisotopic (exact) mass is 512 g/mol. The lowest BCUT2D eigenvalue weighted by Crippen LogP contribution is -2.61. The third-order valence-corrected chi connectivity index (χ3v) is 11.5. The van der Waals surface area contributed by atoms with Crippen LogP contribution in [0.3, 0.4) is 0 Å². The maximum absolute atomic E-state index is 11.5. The number of aliphatic hydroxyl groups excluding tert-OH is 5. The number of aliphatic hydroxyl groups is 5. The van der Waals surface area contributed by atoms with Crippen LogP contribution in [-0.4, -0.2) is 85.6 Å². The van der Waals surface area contributed by atoms with Crippen molar-refractivity contribution in [3.63, 3.8) is 0 Å². The maximum atomic E-state index is 11.5. The van der Waals surface area contributed by atoms with Gasteiger partial charge in [-0.25, -0.2) is 4.79 Å². The average molecular weight is 513 g/mol. The molecule has 1 aliphatic heterocycles. The molecule has 15 atom stereocenters. The minimum Gasteiger partial charge on any atom is -0.479 e. The second-order valence-corrected chi connectivity index (χ2v) is 13.0. The lowest BCUT2D eigenvalue weighted by atomic mass is 9.44. The Hall–Kier alpha value is -0.810. The summed E-state index contributed by atoms with van der Waals surface area (Å²) in [6.45, 7) is 6.57. The third kappa shape index (κ3) is 4.05. The summed E-state index contributed by atoms with van der Waals surface area (Å²) in [7, 11) is 0. The maximum Gasteiger partial charge on any atom is 0.335 e. The Balaban J connectivity index is 1.31. The van der Waals surface area contributed by atoms with Gasteiger partial charge in [0.2, 0.25) is 0 Å². The average Bonchev–Trinajstić information content (AvgIpc) is 3.18. The molecule has 5 fully saturated rings. The predicted octanol–water partition coefficient (Wildman–Crippen LogP) is 1.27. The van der Waals surface area contributed by atoms with E-state index >= 15 is 0 Å². The molecule has 1 unspecified atom stereocenters. The van der Waals surface area contributed by atoms with Gasteiger partial charge in [-0.15, -0.1) is 0 Å². The van der Waals surface area contributed by atoms with E-state index in [4.69, 9.17) is 9.47 Å². The largest absolute Gasteiger partial charge is 0.479 e. The Bertz CT molecular complexity index is 838. The molecule has 36 heavy (non-hydrogen) atoms. The highest BCUT2D eigenvalue weighted by Crippen LogP contribution is 2.68. The first-order valence-electron chi connectivity index (χ1n) is 13.8. The normalized spacial score (nSPS) is 55.8. The van der Waals surface area contributed by atoms with Gasteiger partial charge in [-0.2, -0.15) is 0 Å². The lowest BCUT2D eigenvalue weighted by molar-refractivity contribution is -0.309. The molecular weight excluding hydrogens is 468 g/mol. The third-order valence-electron chi connectivity index (χ3n) is 11.5. The van der Waals surface area contributed by atoms with Crippen molar-refractivity contribution in [2.45, 2.75) is 121 Å². The number of carboxylic acid groups (broad SMARTS) is 1. The van der Waals surface area contributed by atoms with Crippen LogP contribution in [0.15, 0.2) is 0 Å². The van der Waals surface area contributed by atoms with Crippen LogP contribution in [0.5, 0.6) is 0 Å². The van der Waals surface area contributed by atoms with Crippen LogP contribution in [0.1, 0.15) is 72.1 Å². The fraction of sp³-hybridized carbons (Fsp3) is 0.963. The van der Waals surface area contributed by atoms with E-state index in [2.05, 4.69) is 13.8 Å². The first-order chi connectivity index (χ1) is 16.9. The summed E-state index contributed by atoms with van der Waals surface area (Å²) in [5.74, 6) is 0.268. The van der Waals surface area contributed by atoms with Crippen LogP contribution in [0.2, 0.25) is 0 Å². The van der Waals surface area contributed by atoms with Crippen molar-refractivity contribution in [1.29, 1.82) is 0 Å². The fourth-order valence-corrected chi connectivity index (χ4v) is 9.56. The van der Waals surface area contributed by atoms with Gasteiger partial charge in [0, 0.05) is 0 Å². The van der Waals surface area contributed by atoms with E-state index in [-0.39, 0.29) is 34.9 Å². The van der Waals surface area contributed by atoms with Gasteiger partial charge in [-0.05, 0) is 98.7 Å². The molecule has 4 saturated carbocycles. The number of fused-ring (bicyclic) bond motifs is 5. The van der Waals surface area contributed by atoms with Crippen LogP contribution in [0.4, 0.5) is 0 Å². The SMILES string of the molecule is C[C@H](OC1O[C@H](C(=O)O)[C@@H](O)[C@H](O)[C@H]1O)[C@H]1CC[C@H]2[C@@H]3C[C@H](O)[C@H]4C[C@@H](O)CC[C@]4(C)[C@H]3CC[C@]12C. The number of aliphatic carboxylic acids is 1. The van der Waals surface area contributed by atoms with E-state index in [9.17, 15) is 35.4 Å². The molecule has 9 nitrogen and oxygen atoms in total. The molecule has 0 bridgehead atoms. The summed E-state index contributed by atoms with van der Waals surface area (Å²) in [4.78, 5) is 11.5. The van der Waals surface area contributed by atoms with Crippen LogP contribution >= 0.6 is 0 Å². The molecule has 0 aromatic rings. The second kappa shape index (κ2) is 9.43. The zero-order valence-corrected chi connectivity index (χ0v) is 21.6. The Kier molecular flexibility index (Phi) is 7.02. The molecule has 6 N–H and O–H groups in total. The molecule has 0 aromatic heterocycles. The number of hydrogen-bond acceptors (Lipinski definition) is 8. The lowest BCUT2D eigenvalue weighted by Gasteiger charge is -2.62. The first-order valence-corrected chi connectivity index (χ1v) is 13.8. The summed E-state index contributed by atoms with van der Waals surface area (Å²) in [5.41, 5.74) is 0.0214. The Morgan fingerprint density at radius 1 is 0.861 bits per heavy atom. The molecule has 4 aliphatic carbocycles. The number of rotatable bonds is 4. The molecule has 5 aliphatic rings. The molecular formula is C27H44O9. The highest BCUT2D eigenvalue weighted by Gasteiger charge is 2.63. The zero-order valence-electron chi connectivity index (χ0n) is 21.6. The van der Waals surface area contributed by atoms with Crippen LogP contribution in [0, 0.1) is 40.4 Å². The van der Waals surface area contributed by atoms with Gasteiger partial charge in [-0.3, -0.25) is 0 Å². The Morgan fingerprint density at radius 3 is 2.22 bits per heavy atom. The summed E-state index contributed by atoms with van der Waals surface area (Å²) in [6, 6.07) is 0. The minimum atomic E-state index is -1.74. The Morgan fingerprint density at radius 2 is 1.53 bits per heavy atom. The highest BCUT2D eigenvalue weighted by atomic mass is 16.7. The molecule has 206 valence electrons. The van der Waals surface area contributed by atoms with Crippen molar-refractivity contribution < 1.29 is 44.9 Å². The van der Waals surface area contributed by atoms with E-state index in [0.29, 0.717) is 24.2 Å². The summed E-state index contributed by atoms with van der Waals surface area (Å²) < 4.78 is 11.5. The number of ether oxygens (including phenoxy) is 2. The van der Waals surface area contributed by atoms with Gasteiger partial charge < -0.3 is 40.1 Å². The molecule has 0 amide bonds. The zero-order chi connectivity index (χ0) is 26.2. The second-order valence-electron chi connectivity index (χ2n) is 13.0. The quantitative estimate of drug-likeness (QED) is 0.326. The Labute approximate surface area is 212 Å². The predicted molar refractivity (Wildman–Crippen MR) is 127 cm³/mol. The van der Waals surface area contributed by atoms with Crippen molar-refractivity contribution in [1.82, 2.24) is 0 Å². The smallest absolute Gasteiger partial charge is 0.335 e. The molecule has 1 saturated heterocycles. The van der Waals surface area contributed by atoms with Crippen LogP contribution in [-0.2, 0) is 14.3 Å². The van der Waals surface area contributed by atoms with E-state index in [1.165, 1.54) is 0 Å². The standard InChI is InChI=1S/C27H44O9/c1-12(35-25-22(32)20(30)21(31)23(36-25)24(33)34)15-4-5-16-14-11-19(29)18-10-13(28)6-8-27(18,3)17(14)7-9-26(15,16)2/h12-23,25,28-32H,4-11H2,1-3H3,(H,33,34)/t12-,13-,14-,15+,16-,17-,18+,19-,20-,21-,22+,23-,25?,26+,27+/m0/s1. The van der Waals surface area contributed by atoms with E-state index in [0.717, 1.165) is 44.9 Å². The van der Waals surface area contributed by atoms with Crippen molar-refractivity contribution in [2.24, 2.45) is 40.4 Å². The van der Waals surface area contributed by atoms with E-state index in [1.54, 1.807) is 0 Å². The molecule has 0 aromatic carbocycles. The molecule has 1 heterocycles. The van der Waals surface area contributed by atoms with Gasteiger partial charge in [0.15, 0.2) is 12.4 Å². The van der Waals surface area contributed by atoms with Crippen LogP contribution < -0.4 is 0 Å². The van der Waals surface area contributed by atoms with Gasteiger partial charge in [-0.1, -0.05) is 13.8 Å². The van der Waals surface area contributed by atoms with Crippen molar-refractivity contribution >= 4 is 5.97 Å². The van der Waals surface area contributed by atoms with E-state index in [1.807, 2.05) is 6.92 Å². The topological polar surface area (TPSA) is 157 Å². The number of carboxylic acids is 1. The molecule has 0 radical (unpaired) electrons. The number of carbonyl (C=O) groups is 1. The minimum absolute atomic E-state index is 0.0262. The summed E-state index contributed by atoms with van der Waals surface area (Å²) in [6.07, 6.45) is -1.75. The van der Waals surface area contributed by atoms with Crippen molar-refractivity contribution in [3.05, 3.63) is 0 Å². The van der Waals surface area contributed by atoms with Crippen molar-refractivity contribution in [3.8, 4) is 0 Å². The van der Waals surface area contributed by atoms with Gasteiger partial charge in [0.1, 0.15) is 18.3 Å². The summed E-state index contributed by atoms with van der Waals surface area (Å²) in [5, 5.41) is 61.4. The highest BCUT2D eigenvalue weighted by molar-refractivity contribution is 5.73. The van der Waals surface area contributed by atoms with E-state index < -0.39 is 42.8 Å². The van der Waals surface area contributed by atoms with Gasteiger partial charge >= 0.3 is 5.97 Å². The number of hydrogen-bond donors (Lipinski definition) is 6. The van der Waals surface area contributed by atoms with Gasteiger partial charge in [0.05, 0.1) is 18.3 Å². The van der Waals surface area contributed by atoms with Crippen molar-refractivity contribution in [2.75, 3.05) is 0 Å². The summed E-state index contributed by atoms with van der Waals surface area (Å²) >= 11 is 0. The van der Waals surface area contributed by atoms with Gasteiger partial charge in [0.25, 0.3) is 0 Å². The molecule has 9 heteroatoms. The first kappa shape index (κ1) is 26.8. The molecule has 5 rings (SSSR count). The van der Waals surface area contributed by atoms with Crippen LogP contribution in [0.25, 0.3) is 0 Å². The fourth-order valence-electron chi connectivity index (χ4n) is 9.56. The molecule has 0 spiro atoms.